The number of hydrogen-bond donors (Lipinski definition) is 2. The van der Waals surface area contributed by atoms with E-state index in [2.05, 4.69) is 5.32 Å². The number of hydrogen-bond acceptors (Lipinski definition) is 3. The number of piperidine rings is 1. The lowest BCUT2D eigenvalue weighted by Crippen LogP contribution is -2.47. The molecule has 7 heteroatoms. The van der Waals surface area contributed by atoms with Gasteiger partial charge in [-0.3, -0.25) is 0 Å². The third-order valence-corrected chi connectivity index (χ3v) is 2.99. The van der Waals surface area contributed by atoms with Crippen molar-refractivity contribution in [2.45, 2.75) is 24.6 Å². The quantitative estimate of drug-likeness (QED) is 0.688. The van der Waals surface area contributed by atoms with Gasteiger partial charge in [0, 0.05) is 12.6 Å². The van der Waals surface area contributed by atoms with Gasteiger partial charge in [-0.2, -0.15) is 8.78 Å². The van der Waals surface area contributed by atoms with Crippen molar-refractivity contribution in [2.24, 2.45) is 0 Å². The highest BCUT2D eigenvalue weighted by molar-refractivity contribution is 7.89. The van der Waals surface area contributed by atoms with Gasteiger partial charge in [0.05, 0.1) is 0 Å². The maximum absolute atomic E-state index is 11.9. The van der Waals surface area contributed by atoms with Crippen LogP contribution in [0.1, 0.15) is 12.8 Å². The van der Waals surface area contributed by atoms with Crippen molar-refractivity contribution in [3.63, 3.8) is 0 Å². The van der Waals surface area contributed by atoms with Crippen LogP contribution in [0.4, 0.5) is 8.78 Å². The maximum atomic E-state index is 11.9. The van der Waals surface area contributed by atoms with Gasteiger partial charge < -0.3 is 5.32 Å². The average Bonchev–Trinajstić information content (AvgIpc) is 2.05. The van der Waals surface area contributed by atoms with Crippen LogP contribution in [0.15, 0.2) is 0 Å². The molecule has 4 nitrogen and oxygen atoms in total. The third kappa shape index (κ3) is 3.17. The van der Waals surface area contributed by atoms with Gasteiger partial charge in [0.1, 0.15) is 0 Å². The first-order valence-corrected chi connectivity index (χ1v) is 5.57. The molecule has 0 aromatic heterocycles. The number of halogens is 2. The highest BCUT2D eigenvalue weighted by Crippen LogP contribution is 2.07. The Morgan fingerprint density at radius 2 is 2.15 bits per heavy atom. The molecular weight excluding hydrogens is 202 g/mol. The van der Waals surface area contributed by atoms with E-state index in [0.29, 0.717) is 13.0 Å². The Balaban J connectivity index is 2.47. The molecule has 1 atom stereocenters. The van der Waals surface area contributed by atoms with Crippen LogP contribution in [-0.2, 0) is 10.0 Å². The van der Waals surface area contributed by atoms with Crippen LogP contribution in [0.5, 0.6) is 0 Å². The van der Waals surface area contributed by atoms with Crippen molar-refractivity contribution in [1.29, 1.82) is 0 Å². The fraction of sp³-hybridized carbons (Fsp3) is 1.00. The van der Waals surface area contributed by atoms with Gasteiger partial charge >= 0.3 is 5.76 Å². The first kappa shape index (κ1) is 10.8. The predicted octanol–water partition coefficient (Wildman–Crippen LogP) is -0.120. The molecule has 1 fully saturated rings. The molecule has 2 N–H and O–H groups in total. The van der Waals surface area contributed by atoms with E-state index >= 15 is 0 Å². The summed E-state index contributed by atoms with van der Waals surface area (Å²) in [6.45, 7) is 1.23. The smallest absolute Gasteiger partial charge is 0.315 e. The first-order valence-electron chi connectivity index (χ1n) is 4.02. The molecule has 1 unspecified atom stereocenters. The van der Waals surface area contributed by atoms with E-state index in [1.165, 1.54) is 0 Å². The molecule has 0 aliphatic carbocycles. The fourth-order valence-electron chi connectivity index (χ4n) is 1.24. The van der Waals surface area contributed by atoms with E-state index < -0.39 is 21.8 Å². The zero-order valence-corrected chi connectivity index (χ0v) is 7.78. The molecule has 0 aromatic rings. The van der Waals surface area contributed by atoms with Crippen LogP contribution >= 0.6 is 0 Å². The fourth-order valence-corrected chi connectivity index (χ4v) is 2.00. The van der Waals surface area contributed by atoms with Crippen molar-refractivity contribution in [2.75, 3.05) is 13.1 Å². The number of sulfonamides is 1. The first-order chi connectivity index (χ1) is 6.02. The number of alkyl halides is 2. The molecule has 0 bridgehead atoms. The van der Waals surface area contributed by atoms with Crippen LogP contribution in [-0.4, -0.2) is 33.3 Å². The molecule has 1 saturated heterocycles. The Morgan fingerprint density at radius 1 is 1.46 bits per heavy atom. The monoisotopic (exact) mass is 214 g/mol. The molecule has 13 heavy (non-hydrogen) atoms. The van der Waals surface area contributed by atoms with Gasteiger partial charge in [0.15, 0.2) is 0 Å². The summed E-state index contributed by atoms with van der Waals surface area (Å²) in [5, 5.41) is 2.92. The summed E-state index contributed by atoms with van der Waals surface area (Å²) in [6, 6.07) is -0.396. The highest BCUT2D eigenvalue weighted by atomic mass is 32.2. The second kappa shape index (κ2) is 4.30. The second-order valence-electron chi connectivity index (χ2n) is 2.97. The van der Waals surface area contributed by atoms with E-state index in [1.807, 2.05) is 4.72 Å². The van der Waals surface area contributed by atoms with E-state index in [4.69, 9.17) is 0 Å². The summed E-state index contributed by atoms with van der Waals surface area (Å²) in [7, 11) is -4.42. The van der Waals surface area contributed by atoms with Crippen molar-refractivity contribution in [3.05, 3.63) is 0 Å². The van der Waals surface area contributed by atoms with E-state index in [0.717, 1.165) is 13.0 Å². The minimum atomic E-state index is -4.42. The van der Waals surface area contributed by atoms with Crippen molar-refractivity contribution in [3.8, 4) is 0 Å². The molecular formula is C6H12F2N2O2S. The Labute approximate surface area is 75.7 Å². The van der Waals surface area contributed by atoms with Gasteiger partial charge in [0.25, 0.3) is 10.0 Å². The lowest BCUT2D eigenvalue weighted by molar-refractivity contribution is 0.230. The van der Waals surface area contributed by atoms with Crippen LogP contribution in [0.25, 0.3) is 0 Å². The summed E-state index contributed by atoms with van der Waals surface area (Å²) in [4.78, 5) is 0. The molecule has 1 aliphatic heterocycles. The summed E-state index contributed by atoms with van der Waals surface area (Å²) >= 11 is 0. The standard InChI is InChI=1S/C6H12F2N2O2S/c7-6(8)13(11,12)10-5-2-1-3-9-4-5/h5-6,9-10H,1-4H2. The lowest BCUT2D eigenvalue weighted by Gasteiger charge is -2.23. The molecule has 78 valence electrons. The zero-order chi connectivity index (χ0) is 9.90. The van der Waals surface area contributed by atoms with E-state index in [-0.39, 0.29) is 0 Å². The average molecular weight is 214 g/mol. The van der Waals surface area contributed by atoms with Crippen LogP contribution < -0.4 is 10.0 Å². The van der Waals surface area contributed by atoms with Crippen LogP contribution in [0.2, 0.25) is 0 Å². The SMILES string of the molecule is O=S(=O)(NC1CCCNC1)C(F)F. The summed E-state index contributed by atoms with van der Waals surface area (Å²) in [6.07, 6.45) is 1.41. The molecule has 1 heterocycles. The summed E-state index contributed by atoms with van der Waals surface area (Å²) in [5.74, 6) is -3.34. The molecule has 0 aromatic carbocycles. The Morgan fingerprint density at radius 3 is 2.62 bits per heavy atom. The predicted molar refractivity (Wildman–Crippen MR) is 44.0 cm³/mol. The van der Waals surface area contributed by atoms with Gasteiger partial charge in [-0.25, -0.2) is 13.1 Å². The van der Waals surface area contributed by atoms with E-state index in [9.17, 15) is 17.2 Å². The largest absolute Gasteiger partial charge is 0.350 e. The molecule has 0 radical (unpaired) electrons. The van der Waals surface area contributed by atoms with Crippen LogP contribution in [0.3, 0.4) is 0 Å². The number of nitrogens with one attached hydrogen (secondary N) is 2. The Bertz CT molecular complexity index is 249. The third-order valence-electron chi connectivity index (χ3n) is 1.86. The van der Waals surface area contributed by atoms with Gasteiger partial charge in [-0.15, -0.1) is 0 Å². The minimum absolute atomic E-state index is 0.396. The van der Waals surface area contributed by atoms with Crippen molar-refractivity contribution >= 4 is 10.0 Å². The Kier molecular flexibility index (Phi) is 3.57. The highest BCUT2D eigenvalue weighted by Gasteiger charge is 2.27. The minimum Gasteiger partial charge on any atom is -0.315 e. The van der Waals surface area contributed by atoms with E-state index in [1.54, 1.807) is 0 Å². The van der Waals surface area contributed by atoms with Crippen molar-refractivity contribution in [1.82, 2.24) is 10.0 Å². The molecule has 0 amide bonds. The topological polar surface area (TPSA) is 58.2 Å². The van der Waals surface area contributed by atoms with Crippen LogP contribution in [0, 0.1) is 0 Å². The molecule has 1 rings (SSSR count). The molecule has 0 spiro atoms. The molecule has 1 aliphatic rings. The zero-order valence-electron chi connectivity index (χ0n) is 6.96. The summed E-state index contributed by atoms with van der Waals surface area (Å²) in [5.41, 5.74) is 0. The maximum Gasteiger partial charge on any atom is 0.350 e. The Hall–Kier alpha value is -0.270. The molecule has 0 saturated carbocycles. The second-order valence-corrected chi connectivity index (χ2v) is 4.65. The normalized spacial score (nSPS) is 25.0. The lowest BCUT2D eigenvalue weighted by atomic mass is 10.1. The van der Waals surface area contributed by atoms with Crippen molar-refractivity contribution < 1.29 is 17.2 Å². The summed E-state index contributed by atoms with van der Waals surface area (Å²) < 4.78 is 47.2. The number of rotatable bonds is 3. The van der Waals surface area contributed by atoms with Gasteiger partial charge in [0.2, 0.25) is 0 Å². The van der Waals surface area contributed by atoms with Gasteiger partial charge in [-0.05, 0) is 19.4 Å². The van der Waals surface area contributed by atoms with Gasteiger partial charge in [-0.1, -0.05) is 0 Å².